The number of nitrogens with zero attached hydrogens (tertiary/aromatic N) is 1. The van der Waals surface area contributed by atoms with Gasteiger partial charge in [0.25, 0.3) is 5.91 Å². The fraction of sp³-hybridized carbons (Fsp3) is 0.158. The van der Waals surface area contributed by atoms with E-state index in [1.807, 2.05) is 0 Å². The van der Waals surface area contributed by atoms with Gasteiger partial charge in [0, 0.05) is 11.3 Å². The van der Waals surface area contributed by atoms with Crippen LogP contribution in [0.3, 0.4) is 0 Å². The van der Waals surface area contributed by atoms with E-state index in [4.69, 9.17) is 4.52 Å². The molecule has 1 N–H and O–H groups in total. The van der Waals surface area contributed by atoms with Crippen LogP contribution in [0.5, 0.6) is 5.75 Å². The number of hydrogen-bond donors (Lipinski definition) is 1. The number of para-hydroxylation sites is 1. The molecule has 10 heteroatoms. The second-order valence-electron chi connectivity index (χ2n) is 5.87. The van der Waals surface area contributed by atoms with Crippen molar-refractivity contribution in [3.63, 3.8) is 0 Å². The number of hydrogen-bond acceptors (Lipinski definition) is 4. The molecule has 5 nitrogen and oxygen atoms in total. The highest BCUT2D eigenvalue weighted by molar-refractivity contribution is 6.09. The summed E-state index contributed by atoms with van der Waals surface area (Å²) in [6.45, 7) is -1.69. The summed E-state index contributed by atoms with van der Waals surface area (Å²) in [5.41, 5.74) is -1.17. The van der Waals surface area contributed by atoms with Crippen LogP contribution in [-0.4, -0.2) is 17.7 Å². The van der Waals surface area contributed by atoms with Crippen molar-refractivity contribution in [2.24, 2.45) is 0 Å². The van der Waals surface area contributed by atoms with Gasteiger partial charge in [-0.05, 0) is 37.3 Å². The Balaban J connectivity index is 1.96. The smallest absolute Gasteiger partial charge is 0.416 e. The van der Waals surface area contributed by atoms with Gasteiger partial charge in [-0.25, -0.2) is 0 Å². The molecule has 1 aromatic heterocycles. The molecule has 0 bridgehead atoms. The van der Waals surface area contributed by atoms with Gasteiger partial charge in [-0.2, -0.15) is 22.0 Å². The Morgan fingerprint density at radius 3 is 2.55 bits per heavy atom. The maximum Gasteiger partial charge on any atom is 0.416 e. The number of aryl methyl sites for hydroxylation is 1. The molecule has 3 rings (SSSR count). The first-order valence-electron chi connectivity index (χ1n) is 8.16. The van der Waals surface area contributed by atoms with Crippen molar-refractivity contribution in [2.75, 3.05) is 5.32 Å². The molecule has 0 fully saturated rings. The normalized spacial score (nSPS) is 11.6. The summed E-state index contributed by atoms with van der Waals surface area (Å²) in [5, 5.41) is 6.07. The summed E-state index contributed by atoms with van der Waals surface area (Å²) in [5.74, 6) is -0.995. The van der Waals surface area contributed by atoms with Crippen molar-refractivity contribution in [3.8, 4) is 17.0 Å². The lowest BCUT2D eigenvalue weighted by molar-refractivity contribution is -0.137. The number of aromatic nitrogens is 1. The standard InChI is InChI=1S/C19H13F5N2O3/c1-10-15(17(27)25-12-6-4-5-11(9-12)19(22,23)24)16(26-29-10)13-7-2-3-8-14(13)28-18(20)21/h2-9,18H,1H3,(H,25,27). The summed E-state index contributed by atoms with van der Waals surface area (Å²) < 4.78 is 73.4. The number of carbonyl (C=O) groups is 1. The summed E-state index contributed by atoms with van der Waals surface area (Å²) in [4.78, 5) is 12.7. The topological polar surface area (TPSA) is 64.4 Å². The SMILES string of the molecule is Cc1onc(-c2ccccc2OC(F)F)c1C(=O)Nc1cccc(C(F)(F)F)c1. The maximum absolute atomic E-state index is 12.9. The molecule has 0 atom stereocenters. The van der Waals surface area contributed by atoms with Crippen LogP contribution in [0.25, 0.3) is 11.3 Å². The molecular weight excluding hydrogens is 399 g/mol. The molecule has 152 valence electrons. The third-order valence-electron chi connectivity index (χ3n) is 3.90. The van der Waals surface area contributed by atoms with E-state index in [0.717, 1.165) is 18.2 Å². The minimum absolute atomic E-state index is 0.0522. The summed E-state index contributed by atoms with van der Waals surface area (Å²) in [6.07, 6.45) is -4.58. The third kappa shape index (κ3) is 4.53. The molecule has 29 heavy (non-hydrogen) atoms. The first-order chi connectivity index (χ1) is 13.7. The highest BCUT2D eigenvalue weighted by Gasteiger charge is 2.31. The van der Waals surface area contributed by atoms with Gasteiger partial charge in [0.2, 0.25) is 0 Å². The molecule has 0 aliphatic carbocycles. The average molecular weight is 412 g/mol. The Kier molecular flexibility index (Phi) is 5.53. The molecule has 2 aromatic carbocycles. The fourth-order valence-corrected chi connectivity index (χ4v) is 2.65. The van der Waals surface area contributed by atoms with Gasteiger partial charge in [0.1, 0.15) is 22.8 Å². The molecule has 1 heterocycles. The van der Waals surface area contributed by atoms with Crippen LogP contribution < -0.4 is 10.1 Å². The number of ether oxygens (including phenoxy) is 1. The first-order valence-corrected chi connectivity index (χ1v) is 8.16. The van der Waals surface area contributed by atoms with Crippen LogP contribution in [0.1, 0.15) is 21.7 Å². The average Bonchev–Trinajstić information content (AvgIpc) is 3.02. The van der Waals surface area contributed by atoms with Crippen LogP contribution in [-0.2, 0) is 6.18 Å². The molecule has 0 unspecified atom stereocenters. The van der Waals surface area contributed by atoms with E-state index >= 15 is 0 Å². The van der Waals surface area contributed by atoms with Crippen LogP contribution in [0.4, 0.5) is 27.6 Å². The van der Waals surface area contributed by atoms with Gasteiger partial charge in [-0.1, -0.05) is 23.4 Å². The zero-order valence-corrected chi connectivity index (χ0v) is 14.8. The predicted molar refractivity (Wildman–Crippen MR) is 92.7 cm³/mol. The highest BCUT2D eigenvalue weighted by atomic mass is 19.4. The van der Waals surface area contributed by atoms with Gasteiger partial charge < -0.3 is 14.6 Å². The molecule has 0 saturated carbocycles. The maximum atomic E-state index is 12.9. The van der Waals surface area contributed by atoms with Crippen LogP contribution in [0.15, 0.2) is 53.1 Å². The van der Waals surface area contributed by atoms with Gasteiger partial charge >= 0.3 is 12.8 Å². The quantitative estimate of drug-likeness (QED) is 0.561. The number of amides is 1. The van der Waals surface area contributed by atoms with E-state index in [1.165, 1.54) is 37.3 Å². The Labute approximate surface area is 161 Å². The number of benzene rings is 2. The van der Waals surface area contributed by atoms with Crippen molar-refractivity contribution in [2.45, 2.75) is 19.7 Å². The number of rotatable bonds is 5. The van der Waals surface area contributed by atoms with E-state index in [-0.39, 0.29) is 34.0 Å². The fourth-order valence-electron chi connectivity index (χ4n) is 2.65. The molecule has 0 radical (unpaired) electrons. The Bertz CT molecular complexity index is 1030. The molecular formula is C19H13F5N2O3. The zero-order chi connectivity index (χ0) is 21.2. The third-order valence-corrected chi connectivity index (χ3v) is 3.90. The van der Waals surface area contributed by atoms with E-state index < -0.39 is 24.3 Å². The monoisotopic (exact) mass is 412 g/mol. The molecule has 0 spiro atoms. The lowest BCUT2D eigenvalue weighted by Crippen LogP contribution is -2.15. The number of anilines is 1. The van der Waals surface area contributed by atoms with Gasteiger partial charge in [0.05, 0.1) is 5.56 Å². The van der Waals surface area contributed by atoms with Crippen molar-refractivity contribution >= 4 is 11.6 Å². The minimum Gasteiger partial charge on any atom is -0.434 e. The van der Waals surface area contributed by atoms with E-state index in [2.05, 4.69) is 15.2 Å². The number of carbonyl (C=O) groups excluding carboxylic acids is 1. The van der Waals surface area contributed by atoms with Crippen molar-refractivity contribution in [1.82, 2.24) is 5.16 Å². The summed E-state index contributed by atoms with van der Waals surface area (Å²) in [7, 11) is 0. The van der Waals surface area contributed by atoms with Gasteiger partial charge in [-0.15, -0.1) is 0 Å². The van der Waals surface area contributed by atoms with Gasteiger partial charge in [0.15, 0.2) is 0 Å². The zero-order valence-electron chi connectivity index (χ0n) is 14.8. The Morgan fingerprint density at radius 1 is 1.14 bits per heavy atom. The van der Waals surface area contributed by atoms with Crippen molar-refractivity contribution < 1.29 is 36.0 Å². The number of alkyl halides is 5. The Hall–Kier alpha value is -3.43. The van der Waals surface area contributed by atoms with Gasteiger partial charge in [-0.3, -0.25) is 4.79 Å². The molecule has 0 aliphatic rings. The second kappa shape index (κ2) is 7.90. The van der Waals surface area contributed by atoms with E-state index in [1.54, 1.807) is 0 Å². The largest absolute Gasteiger partial charge is 0.434 e. The summed E-state index contributed by atoms with van der Waals surface area (Å²) in [6, 6.07) is 9.70. The molecule has 0 aliphatic heterocycles. The van der Waals surface area contributed by atoms with Crippen LogP contribution in [0, 0.1) is 6.92 Å². The second-order valence-corrected chi connectivity index (χ2v) is 5.87. The van der Waals surface area contributed by atoms with Crippen molar-refractivity contribution in [1.29, 1.82) is 0 Å². The van der Waals surface area contributed by atoms with E-state index in [9.17, 15) is 26.7 Å². The van der Waals surface area contributed by atoms with Crippen LogP contribution in [0.2, 0.25) is 0 Å². The summed E-state index contributed by atoms with van der Waals surface area (Å²) >= 11 is 0. The lowest BCUT2D eigenvalue weighted by Gasteiger charge is -2.11. The lowest BCUT2D eigenvalue weighted by atomic mass is 10.0. The highest BCUT2D eigenvalue weighted by Crippen LogP contribution is 2.35. The first kappa shape index (κ1) is 20.3. The Morgan fingerprint density at radius 2 is 1.86 bits per heavy atom. The number of halogens is 5. The van der Waals surface area contributed by atoms with E-state index in [0.29, 0.717) is 0 Å². The molecule has 3 aromatic rings. The predicted octanol–water partition coefficient (Wildman–Crippen LogP) is 5.52. The number of nitrogens with one attached hydrogen (secondary N) is 1. The molecule has 1 amide bonds. The minimum atomic E-state index is -4.58. The van der Waals surface area contributed by atoms with Crippen LogP contribution >= 0.6 is 0 Å². The van der Waals surface area contributed by atoms with Crippen molar-refractivity contribution in [3.05, 3.63) is 65.4 Å². The molecule has 0 saturated heterocycles.